The van der Waals surface area contributed by atoms with Crippen LogP contribution in [0.3, 0.4) is 0 Å². The molecule has 4 aliphatic rings. The third kappa shape index (κ3) is 3.63. The summed E-state index contributed by atoms with van der Waals surface area (Å²) in [6.07, 6.45) is 16.5. The maximum Gasteiger partial charge on any atom is -0.0262 e. The van der Waals surface area contributed by atoms with Crippen molar-refractivity contribution in [2.24, 2.45) is 63.6 Å². The van der Waals surface area contributed by atoms with Gasteiger partial charge in [-0.3, -0.25) is 0 Å². The van der Waals surface area contributed by atoms with Crippen molar-refractivity contribution in [3.63, 3.8) is 0 Å². The predicted molar refractivity (Wildman–Crippen MR) is 131 cm³/mol. The lowest BCUT2D eigenvalue weighted by molar-refractivity contribution is -0.102. The van der Waals surface area contributed by atoms with Gasteiger partial charge in [-0.2, -0.15) is 0 Å². The van der Waals surface area contributed by atoms with Crippen molar-refractivity contribution >= 4 is 0 Å². The molecule has 0 heterocycles. The minimum Gasteiger partial charge on any atom is -0.0625 e. The van der Waals surface area contributed by atoms with Crippen LogP contribution in [0.4, 0.5) is 0 Å². The Morgan fingerprint density at radius 3 is 1.93 bits per heavy atom. The number of hydrogen-bond acceptors (Lipinski definition) is 0. The molecule has 30 heavy (non-hydrogen) atoms. The zero-order valence-electron chi connectivity index (χ0n) is 21.9. The third-order valence-corrected chi connectivity index (χ3v) is 12.2. The zero-order chi connectivity index (χ0) is 21.9. The Balaban J connectivity index is 1.52. The Kier molecular flexibility index (Phi) is 6.25. The first-order valence-corrected chi connectivity index (χ1v) is 14.0. The second-order valence-corrected chi connectivity index (χ2v) is 14.4. The smallest absolute Gasteiger partial charge is 0.0262 e. The molecule has 0 aromatic carbocycles. The number of fused-ring (bicyclic) bond motifs is 2. The Morgan fingerprint density at radius 2 is 1.30 bits per heavy atom. The van der Waals surface area contributed by atoms with Crippen LogP contribution in [-0.2, 0) is 0 Å². The summed E-state index contributed by atoms with van der Waals surface area (Å²) in [5.74, 6) is 7.69. The van der Waals surface area contributed by atoms with Crippen LogP contribution in [0.2, 0.25) is 0 Å². The van der Waals surface area contributed by atoms with E-state index in [1.807, 2.05) is 0 Å². The Bertz CT molecular complexity index is 601. The lowest BCUT2D eigenvalue weighted by atomic mass is 9.45. The summed E-state index contributed by atoms with van der Waals surface area (Å²) in [7, 11) is 0. The van der Waals surface area contributed by atoms with Crippen LogP contribution in [-0.4, -0.2) is 0 Å². The summed E-state index contributed by atoms with van der Waals surface area (Å²) in [6, 6.07) is 0. The Labute approximate surface area is 189 Å². The fourth-order valence-corrected chi connectivity index (χ4v) is 10.6. The van der Waals surface area contributed by atoms with Gasteiger partial charge in [0, 0.05) is 0 Å². The summed E-state index contributed by atoms with van der Waals surface area (Å²) in [5, 5.41) is 0. The van der Waals surface area contributed by atoms with Gasteiger partial charge in [0.2, 0.25) is 0 Å². The van der Waals surface area contributed by atoms with Gasteiger partial charge in [0.05, 0.1) is 0 Å². The largest absolute Gasteiger partial charge is 0.0625 e. The highest BCUT2D eigenvalue weighted by Crippen LogP contribution is 2.64. The van der Waals surface area contributed by atoms with E-state index in [1.54, 1.807) is 0 Å². The van der Waals surface area contributed by atoms with Gasteiger partial charge in [-0.1, -0.05) is 74.7 Å². The zero-order valence-corrected chi connectivity index (χ0v) is 21.9. The molecule has 0 bridgehead atoms. The minimum absolute atomic E-state index is 0.566. The van der Waals surface area contributed by atoms with Gasteiger partial charge in [-0.15, -0.1) is 0 Å². The van der Waals surface area contributed by atoms with Crippen molar-refractivity contribution in [3.8, 4) is 0 Å². The van der Waals surface area contributed by atoms with E-state index < -0.39 is 0 Å². The number of hydrogen-bond donors (Lipinski definition) is 0. The Morgan fingerprint density at radius 1 is 0.700 bits per heavy atom. The SMILES string of the molecule is CC(C)C1CCC2(C)C1CCC(C)[C@@H]2CCC1C(C)CC[C@H]2C(C)(C)CCC[C@]12C. The van der Waals surface area contributed by atoms with Crippen LogP contribution >= 0.6 is 0 Å². The summed E-state index contributed by atoms with van der Waals surface area (Å²) < 4.78 is 0. The first-order valence-electron chi connectivity index (χ1n) is 14.0. The Hall–Kier alpha value is 0. The number of rotatable bonds is 4. The molecule has 6 unspecified atom stereocenters. The second-order valence-electron chi connectivity index (χ2n) is 14.4. The highest BCUT2D eigenvalue weighted by atomic mass is 14.6. The van der Waals surface area contributed by atoms with Crippen molar-refractivity contribution in [3.05, 3.63) is 0 Å². The normalized spacial score (nSPS) is 50.9. The standard InChI is InChI=1S/C30H54/c1-20(2)23-16-19-29(7)24(21(3)10-12-26(23)29)13-14-25-22(4)11-15-27-28(5,6)17-9-18-30(25,27)8/h20-27H,9-19H2,1-8H3/t21?,22?,23?,24-,25?,26?,27-,29?,30+/m0/s1. The van der Waals surface area contributed by atoms with E-state index in [0.717, 1.165) is 47.3 Å². The molecule has 0 N–H and O–H groups in total. The highest BCUT2D eigenvalue weighted by Gasteiger charge is 2.56. The van der Waals surface area contributed by atoms with Crippen molar-refractivity contribution in [1.29, 1.82) is 0 Å². The first-order chi connectivity index (χ1) is 14.0. The van der Waals surface area contributed by atoms with Crippen LogP contribution in [0.1, 0.15) is 126 Å². The average molecular weight is 415 g/mol. The molecule has 9 atom stereocenters. The lowest BCUT2D eigenvalue weighted by Gasteiger charge is -2.60. The van der Waals surface area contributed by atoms with Crippen molar-refractivity contribution in [2.75, 3.05) is 0 Å². The van der Waals surface area contributed by atoms with E-state index in [1.165, 1.54) is 70.6 Å². The molecule has 4 saturated carbocycles. The maximum absolute atomic E-state index is 2.74. The molecule has 0 nitrogen and oxygen atoms in total. The lowest BCUT2D eigenvalue weighted by Crippen LogP contribution is -2.51. The first kappa shape index (κ1) is 23.2. The highest BCUT2D eigenvalue weighted by molar-refractivity contribution is 5.05. The van der Waals surface area contributed by atoms with Gasteiger partial charge >= 0.3 is 0 Å². The topological polar surface area (TPSA) is 0 Å². The third-order valence-electron chi connectivity index (χ3n) is 12.2. The molecular formula is C30H54. The van der Waals surface area contributed by atoms with Gasteiger partial charge in [-0.05, 0) is 115 Å². The van der Waals surface area contributed by atoms with Gasteiger partial charge in [0.25, 0.3) is 0 Å². The van der Waals surface area contributed by atoms with Crippen LogP contribution in [0.15, 0.2) is 0 Å². The molecule has 0 aromatic heterocycles. The van der Waals surface area contributed by atoms with Crippen molar-refractivity contribution in [2.45, 2.75) is 126 Å². The summed E-state index contributed by atoms with van der Waals surface area (Å²) in [5.41, 5.74) is 1.81. The molecule has 0 spiro atoms. The molecule has 0 radical (unpaired) electrons. The minimum atomic E-state index is 0.566. The molecule has 0 saturated heterocycles. The van der Waals surface area contributed by atoms with Crippen molar-refractivity contribution in [1.82, 2.24) is 0 Å². The van der Waals surface area contributed by atoms with E-state index in [-0.39, 0.29) is 0 Å². The fraction of sp³-hybridized carbons (Fsp3) is 1.00. The van der Waals surface area contributed by atoms with E-state index in [9.17, 15) is 0 Å². The van der Waals surface area contributed by atoms with E-state index in [0.29, 0.717) is 16.2 Å². The molecule has 0 heteroatoms. The van der Waals surface area contributed by atoms with E-state index in [2.05, 4.69) is 55.4 Å². The maximum atomic E-state index is 2.74. The van der Waals surface area contributed by atoms with Crippen LogP contribution in [0.5, 0.6) is 0 Å². The monoisotopic (exact) mass is 414 g/mol. The molecule has 0 aliphatic heterocycles. The molecular weight excluding hydrogens is 360 g/mol. The molecule has 0 aromatic rings. The van der Waals surface area contributed by atoms with Gasteiger partial charge in [-0.25, -0.2) is 0 Å². The molecule has 4 rings (SSSR count). The quantitative estimate of drug-likeness (QED) is 0.429. The average Bonchev–Trinajstić information content (AvgIpc) is 2.99. The van der Waals surface area contributed by atoms with E-state index in [4.69, 9.17) is 0 Å². The second kappa shape index (κ2) is 8.09. The molecule has 4 aliphatic carbocycles. The van der Waals surface area contributed by atoms with Crippen molar-refractivity contribution < 1.29 is 0 Å². The summed E-state index contributed by atoms with van der Waals surface area (Å²) in [4.78, 5) is 0. The summed E-state index contributed by atoms with van der Waals surface area (Å²) in [6.45, 7) is 20.9. The van der Waals surface area contributed by atoms with Gasteiger partial charge in [0.15, 0.2) is 0 Å². The van der Waals surface area contributed by atoms with Crippen LogP contribution < -0.4 is 0 Å². The predicted octanol–water partition coefficient (Wildman–Crippen LogP) is 9.38. The van der Waals surface area contributed by atoms with Crippen LogP contribution in [0, 0.1) is 63.6 Å². The molecule has 4 fully saturated rings. The van der Waals surface area contributed by atoms with Crippen LogP contribution in [0.25, 0.3) is 0 Å². The van der Waals surface area contributed by atoms with Gasteiger partial charge in [0.1, 0.15) is 0 Å². The van der Waals surface area contributed by atoms with Gasteiger partial charge < -0.3 is 0 Å². The molecule has 0 amide bonds. The van der Waals surface area contributed by atoms with E-state index >= 15 is 0 Å². The summed E-state index contributed by atoms with van der Waals surface area (Å²) >= 11 is 0. The fourth-order valence-electron chi connectivity index (χ4n) is 10.6. The molecule has 174 valence electrons.